The molecule has 1 N–H and O–H groups in total. The minimum absolute atomic E-state index is 0.172. The molecular formula is C13H8IN3O3. The molecule has 0 amide bonds. The van der Waals surface area contributed by atoms with E-state index in [2.05, 4.69) is 32.7 Å². The number of halogens is 1. The molecule has 0 atom stereocenters. The average molecular weight is 381 g/mol. The van der Waals surface area contributed by atoms with Crippen LogP contribution in [0.2, 0.25) is 0 Å². The van der Waals surface area contributed by atoms with E-state index in [1.807, 2.05) is 0 Å². The first-order valence-corrected chi connectivity index (χ1v) is 6.72. The number of hydrogen-bond donors (Lipinski definition) is 1. The predicted molar refractivity (Wildman–Crippen MR) is 79.2 cm³/mol. The third-order valence-electron chi connectivity index (χ3n) is 2.63. The van der Waals surface area contributed by atoms with Crippen molar-refractivity contribution in [3.05, 3.63) is 51.9 Å². The van der Waals surface area contributed by atoms with Crippen molar-refractivity contribution < 1.29 is 14.6 Å². The van der Waals surface area contributed by atoms with E-state index in [-0.39, 0.29) is 5.56 Å². The number of ether oxygens (including phenoxy) is 1. The summed E-state index contributed by atoms with van der Waals surface area (Å²) < 4.78 is 8.08. The first-order valence-electron chi connectivity index (χ1n) is 5.64. The Labute approximate surface area is 127 Å². The van der Waals surface area contributed by atoms with Crippen LogP contribution < -0.4 is 4.74 Å². The van der Waals surface area contributed by atoms with Crippen LogP contribution in [0.3, 0.4) is 0 Å². The molecule has 7 heteroatoms. The van der Waals surface area contributed by atoms with Gasteiger partial charge in [-0.1, -0.05) is 0 Å². The second kappa shape index (κ2) is 5.08. The molecule has 100 valence electrons. The third-order valence-corrected chi connectivity index (χ3v) is 3.52. The Morgan fingerprint density at radius 3 is 2.95 bits per heavy atom. The predicted octanol–water partition coefficient (Wildman–Crippen LogP) is 2.82. The molecule has 2 heterocycles. The topological polar surface area (TPSA) is 76.7 Å². The molecule has 6 nitrogen and oxygen atoms in total. The van der Waals surface area contributed by atoms with Gasteiger partial charge in [-0.25, -0.2) is 9.31 Å². The molecule has 0 aliphatic heterocycles. The Hall–Kier alpha value is -2.16. The van der Waals surface area contributed by atoms with Gasteiger partial charge in [0.25, 0.3) is 0 Å². The number of aromatic carboxylic acids is 1. The highest BCUT2D eigenvalue weighted by Crippen LogP contribution is 2.27. The zero-order valence-corrected chi connectivity index (χ0v) is 12.2. The minimum Gasteiger partial charge on any atom is -0.478 e. The summed E-state index contributed by atoms with van der Waals surface area (Å²) >= 11 is 2.08. The molecule has 0 aliphatic carbocycles. The number of nitrogens with zero attached hydrogens (tertiary/aromatic N) is 3. The van der Waals surface area contributed by atoms with E-state index in [0.29, 0.717) is 17.3 Å². The van der Waals surface area contributed by atoms with Gasteiger partial charge in [-0.15, -0.1) is 0 Å². The summed E-state index contributed by atoms with van der Waals surface area (Å²) in [6.07, 6.45) is 3.37. The van der Waals surface area contributed by atoms with Gasteiger partial charge in [-0.2, -0.15) is 10.1 Å². The molecule has 0 unspecified atom stereocenters. The summed E-state index contributed by atoms with van der Waals surface area (Å²) in [6, 6.07) is 8.13. The molecular weight excluding hydrogens is 373 g/mol. The van der Waals surface area contributed by atoms with Crippen molar-refractivity contribution in [1.82, 2.24) is 14.6 Å². The average Bonchev–Trinajstić information content (AvgIpc) is 2.88. The van der Waals surface area contributed by atoms with Crippen LogP contribution in [-0.2, 0) is 0 Å². The number of carbonyl (C=O) groups is 1. The first kappa shape index (κ1) is 12.9. The van der Waals surface area contributed by atoms with Crippen molar-refractivity contribution in [2.75, 3.05) is 0 Å². The highest BCUT2D eigenvalue weighted by Gasteiger charge is 2.10. The summed E-state index contributed by atoms with van der Waals surface area (Å²) in [4.78, 5) is 15.2. The highest BCUT2D eigenvalue weighted by atomic mass is 127. The largest absolute Gasteiger partial charge is 0.478 e. The Morgan fingerprint density at radius 1 is 1.30 bits per heavy atom. The van der Waals surface area contributed by atoms with E-state index in [9.17, 15) is 4.79 Å². The van der Waals surface area contributed by atoms with Gasteiger partial charge in [0.1, 0.15) is 5.75 Å². The second-order valence-corrected chi connectivity index (χ2v) is 5.11. The van der Waals surface area contributed by atoms with Crippen molar-refractivity contribution in [1.29, 1.82) is 0 Å². The maximum absolute atomic E-state index is 11.0. The van der Waals surface area contributed by atoms with Crippen LogP contribution in [0.25, 0.3) is 5.65 Å². The number of fused-ring (bicyclic) bond motifs is 1. The van der Waals surface area contributed by atoms with Gasteiger partial charge in [0.2, 0.25) is 5.88 Å². The van der Waals surface area contributed by atoms with E-state index < -0.39 is 5.97 Å². The summed E-state index contributed by atoms with van der Waals surface area (Å²) in [5, 5.41) is 13.0. The standard InChI is InChI=1S/C13H8IN3O3/c14-9-2-1-8(13(18)19)7-10(9)20-12-4-6-17-11(16-12)3-5-15-17/h1-7H,(H,18,19). The third kappa shape index (κ3) is 2.44. The van der Waals surface area contributed by atoms with Crippen molar-refractivity contribution in [2.24, 2.45) is 0 Å². The molecule has 0 saturated heterocycles. The first-order chi connectivity index (χ1) is 9.63. The van der Waals surface area contributed by atoms with Gasteiger partial charge < -0.3 is 9.84 Å². The van der Waals surface area contributed by atoms with Crippen LogP contribution in [0.4, 0.5) is 0 Å². The van der Waals surface area contributed by atoms with Gasteiger partial charge in [0.15, 0.2) is 5.65 Å². The molecule has 0 radical (unpaired) electrons. The maximum Gasteiger partial charge on any atom is 0.335 e. The Kier molecular flexibility index (Phi) is 3.26. The smallest absolute Gasteiger partial charge is 0.335 e. The monoisotopic (exact) mass is 381 g/mol. The molecule has 0 bridgehead atoms. The summed E-state index contributed by atoms with van der Waals surface area (Å²) in [5.74, 6) is -0.147. The normalized spacial score (nSPS) is 10.7. The number of benzene rings is 1. The molecule has 3 aromatic rings. The molecule has 0 saturated carbocycles. The lowest BCUT2D eigenvalue weighted by molar-refractivity contribution is 0.0696. The second-order valence-electron chi connectivity index (χ2n) is 3.95. The number of carboxylic acid groups (broad SMARTS) is 1. The lowest BCUT2D eigenvalue weighted by atomic mass is 10.2. The van der Waals surface area contributed by atoms with Crippen LogP contribution in [-0.4, -0.2) is 25.7 Å². The fourth-order valence-electron chi connectivity index (χ4n) is 1.68. The number of hydrogen-bond acceptors (Lipinski definition) is 4. The minimum atomic E-state index is -0.995. The molecule has 0 spiro atoms. The number of carboxylic acids is 1. The summed E-state index contributed by atoms with van der Waals surface area (Å²) in [7, 11) is 0. The van der Waals surface area contributed by atoms with Gasteiger partial charge in [0, 0.05) is 18.3 Å². The van der Waals surface area contributed by atoms with Gasteiger partial charge in [0.05, 0.1) is 15.3 Å². The van der Waals surface area contributed by atoms with Crippen molar-refractivity contribution in [2.45, 2.75) is 0 Å². The van der Waals surface area contributed by atoms with E-state index >= 15 is 0 Å². The van der Waals surface area contributed by atoms with Crippen LogP contribution in [0.5, 0.6) is 11.6 Å². The summed E-state index contributed by atoms with van der Waals surface area (Å²) in [6.45, 7) is 0. The van der Waals surface area contributed by atoms with Crippen LogP contribution in [0.1, 0.15) is 10.4 Å². The fourth-order valence-corrected chi connectivity index (χ4v) is 2.12. The summed E-state index contributed by atoms with van der Waals surface area (Å²) in [5.41, 5.74) is 0.831. The molecule has 20 heavy (non-hydrogen) atoms. The quantitative estimate of drug-likeness (QED) is 0.707. The van der Waals surface area contributed by atoms with Crippen molar-refractivity contribution in [3.63, 3.8) is 0 Å². The Balaban J connectivity index is 1.97. The highest BCUT2D eigenvalue weighted by molar-refractivity contribution is 14.1. The molecule has 1 aromatic carbocycles. The maximum atomic E-state index is 11.0. The molecule has 2 aromatic heterocycles. The lowest BCUT2D eigenvalue weighted by Crippen LogP contribution is -1.99. The van der Waals surface area contributed by atoms with E-state index in [1.54, 1.807) is 35.1 Å². The van der Waals surface area contributed by atoms with Crippen LogP contribution in [0.15, 0.2) is 42.7 Å². The lowest BCUT2D eigenvalue weighted by Gasteiger charge is -2.08. The van der Waals surface area contributed by atoms with E-state index in [0.717, 1.165) is 3.57 Å². The van der Waals surface area contributed by atoms with Crippen molar-refractivity contribution >= 4 is 34.2 Å². The van der Waals surface area contributed by atoms with Gasteiger partial charge in [-0.05, 0) is 40.8 Å². The van der Waals surface area contributed by atoms with Crippen LogP contribution in [0, 0.1) is 3.57 Å². The van der Waals surface area contributed by atoms with E-state index in [1.165, 1.54) is 12.1 Å². The molecule has 0 aliphatic rings. The van der Waals surface area contributed by atoms with Crippen LogP contribution >= 0.6 is 22.6 Å². The SMILES string of the molecule is O=C(O)c1ccc(I)c(Oc2ccn3nccc3n2)c1. The molecule has 3 rings (SSSR count). The Morgan fingerprint density at radius 2 is 2.15 bits per heavy atom. The van der Waals surface area contributed by atoms with Gasteiger partial charge in [-0.3, -0.25) is 0 Å². The van der Waals surface area contributed by atoms with E-state index in [4.69, 9.17) is 9.84 Å². The zero-order chi connectivity index (χ0) is 14.1. The van der Waals surface area contributed by atoms with Crippen molar-refractivity contribution in [3.8, 4) is 11.6 Å². The Bertz CT molecular complexity index is 800. The fraction of sp³-hybridized carbons (Fsp3) is 0. The zero-order valence-electron chi connectivity index (χ0n) is 10.0. The number of rotatable bonds is 3. The van der Waals surface area contributed by atoms with Gasteiger partial charge >= 0.3 is 5.97 Å². The molecule has 0 fully saturated rings. The number of aromatic nitrogens is 3.